The van der Waals surface area contributed by atoms with Crippen molar-refractivity contribution >= 4 is 6.09 Å². The number of hydrogen-bond acceptors (Lipinski definition) is 4. The summed E-state index contributed by atoms with van der Waals surface area (Å²) in [6.07, 6.45) is 0.932. The summed E-state index contributed by atoms with van der Waals surface area (Å²) in [6, 6.07) is 3.97. The Bertz CT molecular complexity index is 431. The molecule has 1 aliphatic heterocycles. The van der Waals surface area contributed by atoms with Crippen molar-refractivity contribution in [1.29, 1.82) is 0 Å². The lowest BCUT2D eigenvalue weighted by atomic mass is 10.1. The molecule has 1 aromatic rings. The van der Waals surface area contributed by atoms with Crippen LogP contribution in [0, 0.1) is 0 Å². The van der Waals surface area contributed by atoms with Crippen LogP contribution in [0.15, 0.2) is 18.3 Å². The molecule has 0 radical (unpaired) electrons. The molecular formula is C13H19N3O3. The van der Waals surface area contributed by atoms with E-state index in [2.05, 4.69) is 9.88 Å². The molecule has 6 heteroatoms. The number of amides is 1. The first kappa shape index (κ1) is 13.8. The Morgan fingerprint density at radius 1 is 1.42 bits per heavy atom. The number of ether oxygens (including phenoxy) is 1. The molecule has 0 unspecified atom stereocenters. The van der Waals surface area contributed by atoms with Gasteiger partial charge in [-0.1, -0.05) is 6.07 Å². The predicted molar refractivity (Wildman–Crippen MR) is 69.8 cm³/mol. The summed E-state index contributed by atoms with van der Waals surface area (Å²) in [4.78, 5) is 18.9. The van der Waals surface area contributed by atoms with Crippen molar-refractivity contribution in [2.24, 2.45) is 0 Å². The summed E-state index contributed by atoms with van der Waals surface area (Å²) in [7, 11) is 1.66. The number of nitrogens with zero attached hydrogens (tertiary/aromatic N) is 3. The van der Waals surface area contributed by atoms with Crippen LogP contribution in [0.2, 0.25) is 0 Å². The van der Waals surface area contributed by atoms with Crippen LogP contribution in [-0.2, 0) is 17.9 Å². The van der Waals surface area contributed by atoms with Gasteiger partial charge >= 0.3 is 6.09 Å². The average Bonchev–Trinajstić information content (AvgIpc) is 2.42. The molecule has 0 saturated carbocycles. The first-order valence-corrected chi connectivity index (χ1v) is 6.32. The van der Waals surface area contributed by atoms with Crippen LogP contribution < -0.4 is 0 Å². The maximum atomic E-state index is 10.8. The molecule has 1 amide bonds. The summed E-state index contributed by atoms with van der Waals surface area (Å²) < 4.78 is 5.14. The van der Waals surface area contributed by atoms with E-state index in [1.165, 1.54) is 4.90 Å². The molecule has 1 saturated heterocycles. The van der Waals surface area contributed by atoms with E-state index in [1.54, 1.807) is 13.3 Å². The van der Waals surface area contributed by atoms with Gasteiger partial charge in [0.2, 0.25) is 0 Å². The van der Waals surface area contributed by atoms with Crippen LogP contribution in [0.5, 0.6) is 0 Å². The largest absolute Gasteiger partial charge is 0.465 e. The van der Waals surface area contributed by atoms with Gasteiger partial charge in [0.1, 0.15) is 0 Å². The average molecular weight is 265 g/mol. The molecule has 0 aliphatic carbocycles. The van der Waals surface area contributed by atoms with Crippen LogP contribution >= 0.6 is 0 Å². The van der Waals surface area contributed by atoms with E-state index in [1.807, 2.05) is 12.1 Å². The Morgan fingerprint density at radius 2 is 2.16 bits per heavy atom. The van der Waals surface area contributed by atoms with Crippen molar-refractivity contribution in [3.8, 4) is 0 Å². The maximum Gasteiger partial charge on any atom is 0.407 e. The van der Waals surface area contributed by atoms with Crippen LogP contribution in [0.4, 0.5) is 4.79 Å². The van der Waals surface area contributed by atoms with Gasteiger partial charge in [-0.3, -0.25) is 9.88 Å². The number of methoxy groups -OCH3 is 1. The third kappa shape index (κ3) is 3.65. The van der Waals surface area contributed by atoms with Crippen molar-refractivity contribution in [3.63, 3.8) is 0 Å². The zero-order valence-corrected chi connectivity index (χ0v) is 11.1. The molecule has 1 aliphatic rings. The van der Waals surface area contributed by atoms with E-state index >= 15 is 0 Å². The van der Waals surface area contributed by atoms with Gasteiger partial charge in [0.25, 0.3) is 0 Å². The topological polar surface area (TPSA) is 65.9 Å². The lowest BCUT2D eigenvalue weighted by Gasteiger charge is -2.33. The van der Waals surface area contributed by atoms with E-state index in [0.717, 1.165) is 30.9 Å². The Morgan fingerprint density at radius 3 is 2.79 bits per heavy atom. The van der Waals surface area contributed by atoms with Crippen LogP contribution in [0.3, 0.4) is 0 Å². The van der Waals surface area contributed by atoms with Gasteiger partial charge in [0.05, 0.1) is 12.3 Å². The quantitative estimate of drug-likeness (QED) is 0.880. The molecular weight excluding hydrogens is 246 g/mol. The maximum absolute atomic E-state index is 10.8. The van der Waals surface area contributed by atoms with Gasteiger partial charge in [-0.05, 0) is 11.6 Å². The molecule has 1 N–H and O–H groups in total. The van der Waals surface area contributed by atoms with Crippen molar-refractivity contribution in [1.82, 2.24) is 14.8 Å². The number of carboxylic acid groups (broad SMARTS) is 1. The van der Waals surface area contributed by atoms with Crippen molar-refractivity contribution < 1.29 is 14.6 Å². The normalized spacial score (nSPS) is 16.6. The van der Waals surface area contributed by atoms with Crippen molar-refractivity contribution in [3.05, 3.63) is 29.6 Å². The zero-order valence-electron chi connectivity index (χ0n) is 11.1. The number of hydrogen-bond donors (Lipinski definition) is 1. The van der Waals surface area contributed by atoms with Gasteiger partial charge in [0, 0.05) is 46.0 Å². The first-order valence-electron chi connectivity index (χ1n) is 6.32. The van der Waals surface area contributed by atoms with Gasteiger partial charge in [-0.25, -0.2) is 4.79 Å². The number of aromatic nitrogens is 1. The highest BCUT2D eigenvalue weighted by atomic mass is 16.5. The van der Waals surface area contributed by atoms with Gasteiger partial charge in [-0.2, -0.15) is 0 Å². The third-order valence-corrected chi connectivity index (χ3v) is 3.30. The number of pyridine rings is 1. The fourth-order valence-corrected chi connectivity index (χ4v) is 2.22. The van der Waals surface area contributed by atoms with Gasteiger partial charge < -0.3 is 14.7 Å². The minimum absolute atomic E-state index is 0.505. The summed E-state index contributed by atoms with van der Waals surface area (Å²) in [6.45, 7) is 3.94. The molecule has 0 aromatic carbocycles. The highest BCUT2D eigenvalue weighted by Gasteiger charge is 2.20. The molecule has 2 heterocycles. The molecule has 0 spiro atoms. The summed E-state index contributed by atoms with van der Waals surface area (Å²) >= 11 is 0. The molecule has 0 bridgehead atoms. The van der Waals surface area contributed by atoms with Gasteiger partial charge in [0.15, 0.2) is 0 Å². The lowest BCUT2D eigenvalue weighted by Crippen LogP contribution is -2.47. The van der Waals surface area contributed by atoms with E-state index in [-0.39, 0.29) is 0 Å². The summed E-state index contributed by atoms with van der Waals surface area (Å²) in [5, 5.41) is 8.91. The third-order valence-electron chi connectivity index (χ3n) is 3.30. The van der Waals surface area contributed by atoms with E-state index in [4.69, 9.17) is 9.84 Å². The second kappa shape index (κ2) is 6.49. The SMILES string of the molecule is COCc1ncccc1CN1CCN(C(=O)O)CC1. The molecule has 6 nitrogen and oxygen atoms in total. The monoisotopic (exact) mass is 265 g/mol. The van der Waals surface area contributed by atoms with Crippen LogP contribution in [0.1, 0.15) is 11.3 Å². The zero-order chi connectivity index (χ0) is 13.7. The molecule has 0 atom stereocenters. The minimum atomic E-state index is -0.832. The minimum Gasteiger partial charge on any atom is -0.465 e. The first-order chi connectivity index (χ1) is 9.20. The van der Waals surface area contributed by atoms with Crippen LogP contribution in [0.25, 0.3) is 0 Å². The Balaban J connectivity index is 1.93. The smallest absolute Gasteiger partial charge is 0.407 e. The Kier molecular flexibility index (Phi) is 4.70. The highest BCUT2D eigenvalue weighted by molar-refractivity contribution is 5.65. The number of rotatable bonds is 4. The molecule has 1 fully saturated rings. The molecule has 104 valence electrons. The standard InChI is InChI=1S/C13H19N3O3/c1-19-10-12-11(3-2-4-14-12)9-15-5-7-16(8-6-15)13(17)18/h2-4H,5-10H2,1H3,(H,17,18). The second-order valence-corrected chi connectivity index (χ2v) is 4.59. The van der Waals surface area contributed by atoms with Gasteiger partial charge in [-0.15, -0.1) is 0 Å². The summed E-state index contributed by atoms with van der Waals surface area (Å²) in [5.41, 5.74) is 2.10. The lowest BCUT2D eigenvalue weighted by molar-refractivity contribution is 0.102. The highest BCUT2D eigenvalue weighted by Crippen LogP contribution is 2.12. The van der Waals surface area contributed by atoms with Crippen molar-refractivity contribution in [2.75, 3.05) is 33.3 Å². The molecule has 1 aromatic heterocycles. The van der Waals surface area contributed by atoms with E-state index in [9.17, 15) is 4.79 Å². The molecule has 19 heavy (non-hydrogen) atoms. The van der Waals surface area contributed by atoms with Crippen LogP contribution in [-0.4, -0.2) is 59.3 Å². The number of piperazine rings is 1. The van der Waals surface area contributed by atoms with E-state index < -0.39 is 6.09 Å². The number of carbonyl (C=O) groups is 1. The van der Waals surface area contributed by atoms with Crippen molar-refractivity contribution in [2.45, 2.75) is 13.2 Å². The second-order valence-electron chi connectivity index (χ2n) is 4.59. The fourth-order valence-electron chi connectivity index (χ4n) is 2.22. The Labute approximate surface area is 112 Å². The Hall–Kier alpha value is -1.66. The summed E-state index contributed by atoms with van der Waals surface area (Å²) in [5.74, 6) is 0. The molecule has 2 rings (SSSR count). The predicted octanol–water partition coefficient (Wildman–Crippen LogP) is 1.02. The van der Waals surface area contributed by atoms with E-state index in [0.29, 0.717) is 19.7 Å². The fraction of sp³-hybridized carbons (Fsp3) is 0.538.